The van der Waals surface area contributed by atoms with Crippen molar-refractivity contribution in [2.45, 2.75) is 58.3 Å². The molecule has 0 unspecified atom stereocenters. The molecule has 0 aromatic heterocycles. The maximum absolute atomic E-state index is 12.7. The van der Waals surface area contributed by atoms with Crippen molar-refractivity contribution in [2.24, 2.45) is 5.41 Å². The van der Waals surface area contributed by atoms with E-state index in [4.69, 9.17) is 37.9 Å². The summed E-state index contributed by atoms with van der Waals surface area (Å²) >= 11 is 0. The fraction of sp³-hybridized carbons (Fsp3) is 0.340. The first-order valence-corrected chi connectivity index (χ1v) is 19.9. The van der Waals surface area contributed by atoms with Gasteiger partial charge in [-0.05, 0) is 80.4 Å². The Morgan fingerprint density at radius 3 is 1.29 bits per heavy atom. The van der Waals surface area contributed by atoms with Gasteiger partial charge < -0.3 is 37.9 Å². The number of rotatable bonds is 28. The highest BCUT2D eigenvalue weighted by molar-refractivity contribution is 5.92. The summed E-state index contributed by atoms with van der Waals surface area (Å²) in [6.07, 6.45) is 7.28. The molecule has 0 saturated carbocycles. The molecular formula is C47H52O15. The lowest BCUT2D eigenvalue weighted by Gasteiger charge is -2.31. The first-order valence-electron chi connectivity index (χ1n) is 19.9. The Bertz CT molecular complexity index is 1920. The van der Waals surface area contributed by atoms with Crippen molar-refractivity contribution in [1.82, 2.24) is 0 Å². The molecule has 0 heterocycles. The van der Waals surface area contributed by atoms with Crippen molar-refractivity contribution in [2.75, 3.05) is 39.6 Å². The Kier molecular flexibility index (Phi) is 21.4. The lowest BCUT2D eigenvalue weighted by atomic mass is 9.92. The van der Waals surface area contributed by atoms with Crippen molar-refractivity contribution in [1.29, 1.82) is 0 Å². The van der Waals surface area contributed by atoms with Crippen molar-refractivity contribution in [3.05, 3.63) is 127 Å². The summed E-state index contributed by atoms with van der Waals surface area (Å²) in [6, 6.07) is 19.9. The topological polar surface area (TPSA) is 193 Å². The third-order valence-corrected chi connectivity index (χ3v) is 8.83. The molecule has 0 radical (unpaired) electrons. The smallest absolute Gasteiger partial charge is 0.343 e. The molecule has 0 saturated heterocycles. The van der Waals surface area contributed by atoms with Gasteiger partial charge in [0.05, 0.1) is 37.2 Å². The van der Waals surface area contributed by atoms with Gasteiger partial charge in [-0.1, -0.05) is 63.1 Å². The molecule has 330 valence electrons. The molecule has 0 bridgehead atoms. The number of benzene rings is 3. The van der Waals surface area contributed by atoms with Gasteiger partial charge in [0.25, 0.3) is 0 Å². The van der Waals surface area contributed by atoms with E-state index in [0.717, 1.165) is 55.9 Å². The van der Waals surface area contributed by atoms with Crippen molar-refractivity contribution < 1.29 is 71.5 Å². The lowest BCUT2D eigenvalue weighted by molar-refractivity contribution is -0.167. The van der Waals surface area contributed by atoms with Crippen molar-refractivity contribution in [3.8, 4) is 17.2 Å². The number of carbonyl (C=O) groups excluding carboxylic acids is 7. The van der Waals surface area contributed by atoms with Gasteiger partial charge in [-0.3, -0.25) is 9.59 Å². The predicted molar refractivity (Wildman–Crippen MR) is 224 cm³/mol. The van der Waals surface area contributed by atoms with Crippen LogP contribution in [-0.2, 0) is 47.7 Å². The second kappa shape index (κ2) is 26.9. The summed E-state index contributed by atoms with van der Waals surface area (Å²) in [5, 5.41) is 0. The van der Waals surface area contributed by atoms with Gasteiger partial charge in [-0.2, -0.15) is 0 Å². The molecule has 0 aliphatic carbocycles. The van der Waals surface area contributed by atoms with Crippen LogP contribution in [0.4, 0.5) is 0 Å². The minimum Gasteiger partial charge on any atom is -0.494 e. The largest absolute Gasteiger partial charge is 0.494 e. The van der Waals surface area contributed by atoms with Crippen LogP contribution < -0.4 is 14.2 Å². The summed E-state index contributed by atoms with van der Waals surface area (Å²) in [7, 11) is 0. The van der Waals surface area contributed by atoms with Gasteiger partial charge in [0, 0.05) is 18.2 Å². The van der Waals surface area contributed by atoms with Crippen LogP contribution in [0.3, 0.4) is 0 Å². The van der Waals surface area contributed by atoms with Gasteiger partial charge in [0.1, 0.15) is 49.1 Å². The minimum atomic E-state index is -1.48. The molecular weight excluding hydrogens is 805 g/mol. The third kappa shape index (κ3) is 18.9. The Morgan fingerprint density at radius 2 is 0.839 bits per heavy atom. The van der Waals surface area contributed by atoms with Crippen LogP contribution in [-0.4, -0.2) is 81.4 Å². The zero-order chi connectivity index (χ0) is 45.2. The van der Waals surface area contributed by atoms with E-state index in [0.29, 0.717) is 41.4 Å². The van der Waals surface area contributed by atoms with Gasteiger partial charge in [0.2, 0.25) is 0 Å². The monoisotopic (exact) mass is 856 g/mol. The molecule has 0 aliphatic rings. The number of aryl methyl sites for hydroxylation is 1. The molecule has 15 nitrogen and oxygen atoms in total. The molecule has 0 fully saturated rings. The zero-order valence-corrected chi connectivity index (χ0v) is 34.8. The van der Waals surface area contributed by atoms with Crippen LogP contribution in [0.1, 0.15) is 77.6 Å². The molecule has 3 aromatic carbocycles. The standard InChI is InChI=1S/C47H52O15/c1-5-40(48)57-30-47(31-58-41(49)6-2,32-59-42(50)7-3)33-60-44(52)27-26-43(51)56-29-13-11-9-8-10-12-28-55-37-20-18-36(19-21-37)46(54)62-39-24-22-38(23-25-39)61-45(53)35-16-14-34(4)15-17-35/h5-7,14-25H,1-3,8-13,26-33H2,4H3. The fourth-order valence-corrected chi connectivity index (χ4v) is 5.25. The zero-order valence-electron chi connectivity index (χ0n) is 34.8. The van der Waals surface area contributed by atoms with Crippen LogP contribution in [0.2, 0.25) is 0 Å². The number of unbranched alkanes of at least 4 members (excludes halogenated alkanes) is 5. The first-order chi connectivity index (χ1) is 29.8. The molecule has 3 aromatic rings. The van der Waals surface area contributed by atoms with E-state index in [1.54, 1.807) is 60.7 Å². The van der Waals surface area contributed by atoms with E-state index < -0.39 is 73.6 Å². The predicted octanol–water partition coefficient (Wildman–Crippen LogP) is 7.19. The molecule has 0 atom stereocenters. The number of hydrogen-bond donors (Lipinski definition) is 0. The molecule has 3 rings (SSSR count). The molecule has 0 aliphatic heterocycles. The lowest BCUT2D eigenvalue weighted by Crippen LogP contribution is -2.43. The van der Waals surface area contributed by atoms with Gasteiger partial charge in [0.15, 0.2) is 0 Å². The fourth-order valence-electron chi connectivity index (χ4n) is 5.25. The summed E-state index contributed by atoms with van der Waals surface area (Å²) in [5.41, 5.74) is 0.331. The molecule has 15 heteroatoms. The number of hydrogen-bond acceptors (Lipinski definition) is 15. The minimum absolute atomic E-state index is 0.194. The van der Waals surface area contributed by atoms with E-state index in [9.17, 15) is 33.6 Å². The third-order valence-electron chi connectivity index (χ3n) is 8.83. The van der Waals surface area contributed by atoms with Crippen molar-refractivity contribution >= 4 is 41.8 Å². The van der Waals surface area contributed by atoms with E-state index >= 15 is 0 Å². The van der Waals surface area contributed by atoms with Crippen LogP contribution in [0.5, 0.6) is 17.2 Å². The maximum atomic E-state index is 12.7. The molecule has 62 heavy (non-hydrogen) atoms. The van der Waals surface area contributed by atoms with Crippen LogP contribution in [0.15, 0.2) is 111 Å². The van der Waals surface area contributed by atoms with Crippen LogP contribution in [0.25, 0.3) is 0 Å². The average molecular weight is 857 g/mol. The summed E-state index contributed by atoms with van der Waals surface area (Å²) in [4.78, 5) is 84.9. The van der Waals surface area contributed by atoms with E-state index in [1.807, 2.05) is 19.1 Å². The maximum Gasteiger partial charge on any atom is 0.343 e. The summed E-state index contributed by atoms with van der Waals surface area (Å²) in [6.45, 7) is 10.7. The Labute approximate surface area is 360 Å². The van der Waals surface area contributed by atoms with Crippen molar-refractivity contribution in [3.63, 3.8) is 0 Å². The molecule has 0 spiro atoms. The van der Waals surface area contributed by atoms with Crippen LogP contribution >= 0.6 is 0 Å². The van der Waals surface area contributed by atoms with Crippen LogP contribution in [0, 0.1) is 12.3 Å². The highest BCUT2D eigenvalue weighted by Gasteiger charge is 2.37. The Balaban J connectivity index is 1.26. The average Bonchev–Trinajstić information content (AvgIpc) is 3.28. The second-order valence-corrected chi connectivity index (χ2v) is 13.9. The second-order valence-electron chi connectivity index (χ2n) is 13.9. The SMILES string of the molecule is C=CC(=O)OCC(COC(=O)C=C)(COC(=O)C=C)COC(=O)CCC(=O)OCCCCCCCCOc1ccc(C(=O)Oc2ccc(OC(=O)c3ccc(C)cc3)cc2)cc1. The highest BCUT2D eigenvalue weighted by atomic mass is 16.6. The first kappa shape index (κ1) is 49.3. The van der Waals surface area contributed by atoms with E-state index in [1.165, 1.54) is 0 Å². The molecule has 0 amide bonds. The number of ether oxygens (including phenoxy) is 8. The molecule has 0 N–H and O–H groups in total. The Morgan fingerprint density at radius 1 is 0.468 bits per heavy atom. The number of esters is 7. The number of carbonyl (C=O) groups is 7. The Hall–Kier alpha value is -7.03. The normalized spacial score (nSPS) is 10.6. The highest BCUT2D eigenvalue weighted by Crippen LogP contribution is 2.23. The van der Waals surface area contributed by atoms with E-state index in [2.05, 4.69) is 19.7 Å². The van der Waals surface area contributed by atoms with E-state index in [-0.39, 0.29) is 19.4 Å². The van der Waals surface area contributed by atoms with Gasteiger partial charge >= 0.3 is 41.8 Å². The quantitative estimate of drug-likeness (QED) is 0.0234. The van der Waals surface area contributed by atoms with Gasteiger partial charge in [-0.25, -0.2) is 24.0 Å². The summed E-state index contributed by atoms with van der Waals surface area (Å²) < 4.78 is 42.4. The summed E-state index contributed by atoms with van der Waals surface area (Å²) in [5.74, 6) is -3.60. The van der Waals surface area contributed by atoms with Gasteiger partial charge in [-0.15, -0.1) is 0 Å².